The molecule has 36 heavy (non-hydrogen) atoms. The van der Waals surface area contributed by atoms with Gasteiger partial charge in [-0.05, 0) is 74.2 Å². The van der Waals surface area contributed by atoms with Crippen LogP contribution in [0.3, 0.4) is 0 Å². The average Bonchev–Trinajstić information content (AvgIpc) is 2.93. The van der Waals surface area contributed by atoms with Crippen molar-refractivity contribution < 1.29 is 23.7 Å². The summed E-state index contributed by atoms with van der Waals surface area (Å²) in [7, 11) is 6.61. The second-order valence-electron chi connectivity index (χ2n) is 9.75. The van der Waals surface area contributed by atoms with Crippen molar-refractivity contribution >= 4 is 5.78 Å². The van der Waals surface area contributed by atoms with Gasteiger partial charge < -0.3 is 18.9 Å². The summed E-state index contributed by atoms with van der Waals surface area (Å²) in [6.45, 7) is 3.35. The highest BCUT2D eigenvalue weighted by atomic mass is 16.5. The van der Waals surface area contributed by atoms with E-state index in [1.807, 2.05) is 24.3 Å². The molecule has 0 amide bonds. The van der Waals surface area contributed by atoms with E-state index < -0.39 is 0 Å². The van der Waals surface area contributed by atoms with Crippen LogP contribution in [0.1, 0.15) is 49.7 Å². The van der Waals surface area contributed by atoms with Crippen LogP contribution in [0.5, 0.6) is 23.0 Å². The lowest BCUT2D eigenvalue weighted by Gasteiger charge is -2.41. The highest BCUT2D eigenvalue weighted by Gasteiger charge is 2.37. The Hall–Kier alpha value is -2.77. The van der Waals surface area contributed by atoms with Gasteiger partial charge in [-0.2, -0.15) is 0 Å². The first-order valence-corrected chi connectivity index (χ1v) is 13.0. The summed E-state index contributed by atoms with van der Waals surface area (Å²) >= 11 is 0. The number of hydrogen-bond donors (Lipinski definition) is 0. The fourth-order valence-corrected chi connectivity index (χ4v) is 5.65. The summed E-state index contributed by atoms with van der Waals surface area (Å²) in [5, 5.41) is 0. The SMILES string of the molecule is COc1ccc(CN2CCCCC2C(=O)C2CCCCN2Cc2ccc(OC)c(OC)c2)cc1OC. The van der Waals surface area contributed by atoms with E-state index in [0.717, 1.165) is 98.8 Å². The molecular weight excluding hydrogens is 456 g/mol. The smallest absolute Gasteiger partial charge is 0.167 e. The van der Waals surface area contributed by atoms with Crippen molar-refractivity contribution in [3.8, 4) is 23.0 Å². The maximum Gasteiger partial charge on any atom is 0.167 e. The minimum Gasteiger partial charge on any atom is -0.493 e. The van der Waals surface area contributed by atoms with Crippen LogP contribution in [0.2, 0.25) is 0 Å². The zero-order valence-electron chi connectivity index (χ0n) is 22.1. The number of carbonyl (C=O) groups is 1. The Morgan fingerprint density at radius 2 is 1.08 bits per heavy atom. The van der Waals surface area contributed by atoms with E-state index >= 15 is 0 Å². The average molecular weight is 497 g/mol. The van der Waals surface area contributed by atoms with Gasteiger partial charge in [0.1, 0.15) is 0 Å². The molecule has 2 aliphatic heterocycles. The van der Waals surface area contributed by atoms with Crippen molar-refractivity contribution in [1.82, 2.24) is 9.80 Å². The van der Waals surface area contributed by atoms with Gasteiger partial charge in [0, 0.05) is 13.1 Å². The Balaban J connectivity index is 1.50. The maximum absolute atomic E-state index is 14.0. The molecule has 4 rings (SSSR count). The monoisotopic (exact) mass is 496 g/mol. The first-order chi connectivity index (χ1) is 17.6. The van der Waals surface area contributed by atoms with Crippen LogP contribution in [0.25, 0.3) is 0 Å². The van der Waals surface area contributed by atoms with Crippen molar-refractivity contribution in [2.45, 2.75) is 63.7 Å². The number of likely N-dealkylation sites (tertiary alicyclic amines) is 2. The van der Waals surface area contributed by atoms with E-state index in [-0.39, 0.29) is 12.1 Å². The third kappa shape index (κ3) is 5.95. The van der Waals surface area contributed by atoms with Gasteiger partial charge in [0.05, 0.1) is 40.5 Å². The molecule has 2 aliphatic rings. The predicted molar refractivity (Wildman–Crippen MR) is 140 cm³/mol. The van der Waals surface area contributed by atoms with Gasteiger partial charge in [-0.15, -0.1) is 0 Å². The molecular formula is C29H40N2O5. The van der Waals surface area contributed by atoms with Gasteiger partial charge in [0.15, 0.2) is 28.8 Å². The molecule has 2 unspecified atom stereocenters. The van der Waals surface area contributed by atoms with E-state index in [1.54, 1.807) is 28.4 Å². The summed E-state index contributed by atoms with van der Waals surface area (Å²) < 4.78 is 21.8. The molecule has 2 atom stereocenters. The van der Waals surface area contributed by atoms with E-state index in [4.69, 9.17) is 18.9 Å². The lowest BCUT2D eigenvalue weighted by molar-refractivity contribution is -0.132. The van der Waals surface area contributed by atoms with E-state index in [9.17, 15) is 4.79 Å². The molecule has 7 nitrogen and oxygen atoms in total. The standard InChI is InChI=1S/C29H40N2O5/c1-33-25-13-11-21(17-27(25)35-3)19-30-15-7-5-9-23(30)29(32)24-10-6-8-16-31(24)20-22-12-14-26(34-2)28(18-22)36-4/h11-14,17-18,23-24H,5-10,15-16,19-20H2,1-4H3. The summed E-state index contributed by atoms with van der Waals surface area (Å²) in [6, 6.07) is 12.0. The number of piperidine rings is 2. The molecule has 0 aromatic heterocycles. The number of nitrogens with zero attached hydrogens (tertiary/aromatic N) is 2. The third-order valence-electron chi connectivity index (χ3n) is 7.55. The Morgan fingerprint density at radius 3 is 1.47 bits per heavy atom. The molecule has 2 fully saturated rings. The van der Waals surface area contributed by atoms with Crippen molar-refractivity contribution in [3.63, 3.8) is 0 Å². The molecule has 196 valence electrons. The van der Waals surface area contributed by atoms with Crippen molar-refractivity contribution in [3.05, 3.63) is 47.5 Å². The summed E-state index contributed by atoms with van der Waals surface area (Å²) in [5.74, 6) is 3.27. The van der Waals surface area contributed by atoms with Crippen LogP contribution in [0.4, 0.5) is 0 Å². The molecule has 2 heterocycles. The highest BCUT2D eigenvalue weighted by molar-refractivity contribution is 5.89. The largest absolute Gasteiger partial charge is 0.493 e. The fraction of sp³-hybridized carbons (Fsp3) is 0.552. The summed E-state index contributed by atoms with van der Waals surface area (Å²) in [4.78, 5) is 18.8. The highest BCUT2D eigenvalue weighted by Crippen LogP contribution is 2.32. The van der Waals surface area contributed by atoms with Crippen LogP contribution in [0.15, 0.2) is 36.4 Å². The number of carbonyl (C=O) groups excluding carboxylic acids is 1. The number of ether oxygens (including phenoxy) is 4. The van der Waals surface area contributed by atoms with Gasteiger partial charge in [-0.25, -0.2) is 0 Å². The molecule has 0 spiro atoms. The molecule has 0 bridgehead atoms. The molecule has 7 heteroatoms. The van der Waals surface area contributed by atoms with Crippen molar-refractivity contribution in [2.75, 3.05) is 41.5 Å². The lowest BCUT2D eigenvalue weighted by atomic mass is 9.89. The van der Waals surface area contributed by atoms with Crippen LogP contribution in [-0.2, 0) is 17.9 Å². The number of methoxy groups -OCH3 is 4. The van der Waals surface area contributed by atoms with Gasteiger partial charge in [-0.1, -0.05) is 25.0 Å². The number of rotatable bonds is 10. The zero-order chi connectivity index (χ0) is 25.5. The Kier molecular flexibility index (Phi) is 9.10. The fourth-order valence-electron chi connectivity index (χ4n) is 5.65. The minimum absolute atomic E-state index is 0.0529. The first kappa shape index (κ1) is 26.3. The molecule has 0 saturated carbocycles. The molecule has 2 aromatic carbocycles. The second kappa shape index (κ2) is 12.5. The van der Waals surface area contributed by atoms with Gasteiger partial charge in [0.2, 0.25) is 0 Å². The molecule has 0 N–H and O–H groups in total. The number of benzene rings is 2. The quantitative estimate of drug-likeness (QED) is 0.473. The molecule has 0 radical (unpaired) electrons. The lowest BCUT2D eigenvalue weighted by Crippen LogP contribution is -2.53. The van der Waals surface area contributed by atoms with E-state index in [2.05, 4.69) is 21.9 Å². The summed E-state index contributed by atoms with van der Waals surface area (Å²) in [6.07, 6.45) is 6.29. The molecule has 2 saturated heterocycles. The number of ketones is 1. The van der Waals surface area contributed by atoms with E-state index in [0.29, 0.717) is 5.78 Å². The molecule has 2 aromatic rings. The zero-order valence-corrected chi connectivity index (χ0v) is 22.1. The Morgan fingerprint density at radius 1 is 0.667 bits per heavy atom. The minimum atomic E-state index is -0.0529. The van der Waals surface area contributed by atoms with Crippen molar-refractivity contribution in [1.29, 1.82) is 0 Å². The van der Waals surface area contributed by atoms with Crippen LogP contribution in [0, 0.1) is 0 Å². The predicted octanol–water partition coefficient (Wildman–Crippen LogP) is 4.70. The normalized spacial score (nSPS) is 21.1. The molecule has 0 aliphatic carbocycles. The maximum atomic E-state index is 14.0. The van der Waals surface area contributed by atoms with Crippen LogP contribution >= 0.6 is 0 Å². The van der Waals surface area contributed by atoms with Crippen molar-refractivity contribution in [2.24, 2.45) is 0 Å². The number of Topliss-reactive ketones (excluding diaryl/α,β-unsaturated/α-hetero) is 1. The van der Waals surface area contributed by atoms with E-state index in [1.165, 1.54) is 0 Å². The number of hydrogen-bond acceptors (Lipinski definition) is 7. The first-order valence-electron chi connectivity index (χ1n) is 13.0. The summed E-state index contributed by atoms with van der Waals surface area (Å²) in [5.41, 5.74) is 2.27. The van der Waals surface area contributed by atoms with Gasteiger partial charge >= 0.3 is 0 Å². The van der Waals surface area contributed by atoms with Gasteiger partial charge in [-0.3, -0.25) is 14.6 Å². The Bertz CT molecular complexity index is 947. The van der Waals surface area contributed by atoms with Crippen LogP contribution in [-0.4, -0.2) is 69.2 Å². The third-order valence-corrected chi connectivity index (χ3v) is 7.55. The second-order valence-corrected chi connectivity index (χ2v) is 9.75. The van der Waals surface area contributed by atoms with Crippen LogP contribution < -0.4 is 18.9 Å². The van der Waals surface area contributed by atoms with Gasteiger partial charge in [0.25, 0.3) is 0 Å². The topological polar surface area (TPSA) is 60.5 Å². The Labute approximate surface area is 215 Å².